The molecule has 4 rings (SSSR count). The number of hydrogen-bond acceptors (Lipinski definition) is 1. The van der Waals surface area contributed by atoms with Crippen LogP contribution in [-0.4, -0.2) is 11.2 Å². The van der Waals surface area contributed by atoms with Crippen LogP contribution in [0.15, 0.2) is 11.6 Å². The van der Waals surface area contributed by atoms with Crippen molar-refractivity contribution in [1.82, 2.24) is 0 Å². The van der Waals surface area contributed by atoms with Gasteiger partial charge < -0.3 is 5.11 Å². The van der Waals surface area contributed by atoms with Crippen LogP contribution in [-0.2, 0) is 0 Å². The van der Waals surface area contributed by atoms with Crippen molar-refractivity contribution in [3.8, 4) is 0 Å². The SMILES string of the molecule is CCC1CC(O)CC2=CC[C@H]3[C@@H]4CC[C@H]([C@H](C)CCCC(C)C)[C@@]4(C)CC[C@@H]3[C@]21C. The van der Waals surface area contributed by atoms with E-state index in [0.29, 0.717) is 16.7 Å². The summed E-state index contributed by atoms with van der Waals surface area (Å²) in [5.41, 5.74) is 2.57. The van der Waals surface area contributed by atoms with Gasteiger partial charge >= 0.3 is 0 Å². The molecule has 4 aliphatic carbocycles. The predicted octanol–water partition coefficient (Wildman–Crippen LogP) is 8.02. The van der Waals surface area contributed by atoms with Gasteiger partial charge in [0.05, 0.1) is 6.10 Å². The number of hydrogen-bond donors (Lipinski definition) is 1. The number of rotatable bonds is 6. The minimum Gasteiger partial charge on any atom is -0.393 e. The van der Waals surface area contributed by atoms with Crippen LogP contribution in [0.25, 0.3) is 0 Å². The Bertz CT molecular complexity index is 634. The smallest absolute Gasteiger partial charge is 0.0580 e. The van der Waals surface area contributed by atoms with E-state index >= 15 is 0 Å². The fourth-order valence-corrected chi connectivity index (χ4v) is 9.49. The molecule has 0 amide bonds. The minimum absolute atomic E-state index is 0.0952. The predicted molar refractivity (Wildman–Crippen MR) is 128 cm³/mol. The lowest BCUT2D eigenvalue weighted by atomic mass is 9.44. The van der Waals surface area contributed by atoms with Crippen LogP contribution in [0, 0.1) is 52.3 Å². The molecule has 2 unspecified atom stereocenters. The van der Waals surface area contributed by atoms with E-state index < -0.39 is 0 Å². The summed E-state index contributed by atoms with van der Waals surface area (Å²) in [7, 11) is 0. The van der Waals surface area contributed by atoms with Crippen LogP contribution in [0.5, 0.6) is 0 Å². The Morgan fingerprint density at radius 1 is 1.07 bits per heavy atom. The average molecular weight is 415 g/mol. The van der Waals surface area contributed by atoms with Gasteiger partial charge in [-0.1, -0.05) is 78.9 Å². The minimum atomic E-state index is -0.0952. The van der Waals surface area contributed by atoms with Crippen LogP contribution in [0.2, 0.25) is 0 Å². The molecule has 3 saturated carbocycles. The van der Waals surface area contributed by atoms with Crippen molar-refractivity contribution in [3.63, 3.8) is 0 Å². The van der Waals surface area contributed by atoms with Gasteiger partial charge in [-0.15, -0.1) is 0 Å². The van der Waals surface area contributed by atoms with E-state index in [1.807, 2.05) is 0 Å². The number of allylic oxidation sites excluding steroid dienone is 1. The first-order valence-corrected chi connectivity index (χ1v) is 13.6. The van der Waals surface area contributed by atoms with Gasteiger partial charge in [-0.25, -0.2) is 0 Å². The van der Waals surface area contributed by atoms with E-state index in [4.69, 9.17) is 0 Å². The van der Waals surface area contributed by atoms with E-state index in [1.165, 1.54) is 57.8 Å². The summed E-state index contributed by atoms with van der Waals surface area (Å²) in [6, 6.07) is 0. The Kier molecular flexibility index (Phi) is 6.53. The molecule has 1 N–H and O–H groups in total. The Balaban J connectivity index is 1.53. The molecule has 9 atom stereocenters. The molecule has 1 heteroatoms. The summed E-state index contributed by atoms with van der Waals surface area (Å²) in [5.74, 6) is 6.07. The highest BCUT2D eigenvalue weighted by Crippen LogP contribution is 2.68. The molecule has 3 fully saturated rings. The van der Waals surface area contributed by atoms with Crippen molar-refractivity contribution in [3.05, 3.63) is 11.6 Å². The highest BCUT2D eigenvalue weighted by atomic mass is 16.3. The lowest BCUT2D eigenvalue weighted by Gasteiger charge is -2.60. The molecule has 0 saturated heterocycles. The molecule has 0 aromatic heterocycles. The first-order valence-electron chi connectivity index (χ1n) is 13.6. The van der Waals surface area contributed by atoms with E-state index in [1.54, 1.807) is 5.57 Å². The molecule has 0 aromatic carbocycles. The van der Waals surface area contributed by atoms with Crippen molar-refractivity contribution in [2.75, 3.05) is 0 Å². The Labute approximate surface area is 187 Å². The third-order valence-electron chi connectivity index (χ3n) is 11.1. The third kappa shape index (κ3) is 3.64. The van der Waals surface area contributed by atoms with Gasteiger partial charge in [0, 0.05) is 0 Å². The number of fused-ring (bicyclic) bond motifs is 5. The molecule has 4 aliphatic rings. The van der Waals surface area contributed by atoms with Gasteiger partial charge in [-0.05, 0) is 97.2 Å². The quantitative estimate of drug-likeness (QED) is 0.436. The molecule has 172 valence electrons. The first-order chi connectivity index (χ1) is 14.2. The summed E-state index contributed by atoms with van der Waals surface area (Å²) in [6.45, 7) is 15.0. The molecule has 0 aliphatic heterocycles. The van der Waals surface area contributed by atoms with Gasteiger partial charge in [0.1, 0.15) is 0 Å². The lowest BCUT2D eigenvalue weighted by molar-refractivity contribution is -0.0798. The van der Waals surface area contributed by atoms with Gasteiger partial charge in [0.2, 0.25) is 0 Å². The zero-order chi connectivity index (χ0) is 21.7. The fourth-order valence-electron chi connectivity index (χ4n) is 9.49. The lowest BCUT2D eigenvalue weighted by Crippen LogP contribution is -2.53. The molecular weight excluding hydrogens is 364 g/mol. The third-order valence-corrected chi connectivity index (χ3v) is 11.1. The maximum Gasteiger partial charge on any atom is 0.0580 e. The largest absolute Gasteiger partial charge is 0.393 e. The second kappa shape index (κ2) is 8.57. The average Bonchev–Trinajstić information content (AvgIpc) is 3.05. The van der Waals surface area contributed by atoms with Crippen molar-refractivity contribution in [1.29, 1.82) is 0 Å². The van der Waals surface area contributed by atoms with Gasteiger partial charge in [0.15, 0.2) is 0 Å². The molecule has 0 aromatic rings. The first kappa shape index (κ1) is 22.9. The van der Waals surface area contributed by atoms with Crippen LogP contribution in [0.3, 0.4) is 0 Å². The van der Waals surface area contributed by atoms with E-state index in [0.717, 1.165) is 48.3 Å². The summed E-state index contributed by atoms with van der Waals surface area (Å²) in [5, 5.41) is 10.5. The van der Waals surface area contributed by atoms with E-state index in [-0.39, 0.29) is 6.10 Å². The highest BCUT2D eigenvalue weighted by Gasteiger charge is 2.60. The molecule has 0 spiro atoms. The van der Waals surface area contributed by atoms with Crippen molar-refractivity contribution in [2.24, 2.45) is 52.3 Å². The fraction of sp³-hybridized carbons (Fsp3) is 0.931. The Morgan fingerprint density at radius 2 is 1.83 bits per heavy atom. The summed E-state index contributed by atoms with van der Waals surface area (Å²) < 4.78 is 0. The van der Waals surface area contributed by atoms with Gasteiger partial charge in [0.25, 0.3) is 0 Å². The van der Waals surface area contributed by atoms with Crippen molar-refractivity contribution in [2.45, 2.75) is 118 Å². The van der Waals surface area contributed by atoms with Crippen LogP contribution in [0.4, 0.5) is 0 Å². The summed E-state index contributed by atoms with van der Waals surface area (Å²) >= 11 is 0. The maximum absolute atomic E-state index is 10.5. The van der Waals surface area contributed by atoms with Gasteiger partial charge in [-0.3, -0.25) is 0 Å². The van der Waals surface area contributed by atoms with Crippen molar-refractivity contribution < 1.29 is 5.11 Å². The number of aliphatic hydroxyl groups is 1. The molecule has 0 radical (unpaired) electrons. The normalized spacial score (nSPS) is 46.7. The molecule has 0 heterocycles. The van der Waals surface area contributed by atoms with E-state index in [9.17, 15) is 5.11 Å². The van der Waals surface area contributed by atoms with Gasteiger partial charge in [-0.2, -0.15) is 0 Å². The standard InChI is InChI=1S/C29H50O/c1-7-21-17-23(30)18-22-11-12-24-26-14-13-25(20(4)10-8-9-19(2)3)28(26,5)16-15-27(24)29(21,22)6/h11,19-21,23-27,30H,7-10,12-18H2,1-6H3/t20-,21?,23?,24+,25-,26+,27+,28-,29+/m1/s1. The Hall–Kier alpha value is -0.300. The van der Waals surface area contributed by atoms with Crippen LogP contribution >= 0.6 is 0 Å². The second-order valence-corrected chi connectivity index (χ2v) is 12.9. The maximum atomic E-state index is 10.5. The zero-order valence-corrected chi connectivity index (χ0v) is 20.9. The monoisotopic (exact) mass is 414 g/mol. The van der Waals surface area contributed by atoms with Crippen LogP contribution < -0.4 is 0 Å². The molecule has 0 bridgehead atoms. The molecular formula is C29H50O. The van der Waals surface area contributed by atoms with Crippen LogP contribution in [0.1, 0.15) is 112 Å². The summed E-state index contributed by atoms with van der Waals surface area (Å²) in [4.78, 5) is 0. The van der Waals surface area contributed by atoms with E-state index in [2.05, 4.69) is 47.6 Å². The molecule has 30 heavy (non-hydrogen) atoms. The second-order valence-electron chi connectivity index (χ2n) is 12.9. The molecule has 1 nitrogen and oxygen atoms in total. The Morgan fingerprint density at radius 3 is 2.53 bits per heavy atom. The van der Waals surface area contributed by atoms with Crippen molar-refractivity contribution >= 4 is 0 Å². The number of aliphatic hydroxyl groups excluding tert-OH is 1. The zero-order valence-electron chi connectivity index (χ0n) is 20.9. The highest BCUT2D eigenvalue weighted by molar-refractivity contribution is 5.27. The summed E-state index contributed by atoms with van der Waals surface area (Å²) in [6.07, 6.45) is 17.2. The topological polar surface area (TPSA) is 20.2 Å².